The Morgan fingerprint density at radius 3 is 2.67 bits per heavy atom. The fourth-order valence-electron chi connectivity index (χ4n) is 5.16. The lowest BCUT2D eigenvalue weighted by molar-refractivity contribution is -0.123. The topological polar surface area (TPSA) is 99.0 Å². The molecular formula is C23H29N5O2. The second kappa shape index (κ2) is 7.54. The van der Waals surface area contributed by atoms with Crippen LogP contribution in [-0.4, -0.2) is 26.7 Å². The predicted octanol–water partition coefficient (Wildman–Crippen LogP) is 4.09. The van der Waals surface area contributed by atoms with Crippen molar-refractivity contribution < 1.29 is 9.32 Å². The van der Waals surface area contributed by atoms with Crippen LogP contribution in [0.5, 0.6) is 0 Å². The van der Waals surface area contributed by atoms with Gasteiger partial charge in [0.1, 0.15) is 11.6 Å². The van der Waals surface area contributed by atoms with Gasteiger partial charge in [-0.1, -0.05) is 11.2 Å². The van der Waals surface area contributed by atoms with Gasteiger partial charge in [-0.2, -0.15) is 0 Å². The number of aromatic nitrogens is 3. The van der Waals surface area contributed by atoms with E-state index in [2.05, 4.69) is 33.2 Å². The van der Waals surface area contributed by atoms with E-state index in [1.54, 1.807) is 0 Å². The Morgan fingerprint density at radius 1 is 1.17 bits per heavy atom. The van der Waals surface area contributed by atoms with E-state index in [9.17, 15) is 4.79 Å². The van der Waals surface area contributed by atoms with Crippen molar-refractivity contribution in [2.75, 3.05) is 0 Å². The molecule has 1 amide bonds. The van der Waals surface area contributed by atoms with E-state index in [0.29, 0.717) is 18.5 Å². The Hall–Kier alpha value is -2.67. The van der Waals surface area contributed by atoms with Crippen molar-refractivity contribution in [2.45, 2.75) is 76.9 Å². The molecule has 158 valence electrons. The number of nitrogens with one attached hydrogen (secondary N) is 1. The van der Waals surface area contributed by atoms with Crippen LogP contribution in [0.15, 0.2) is 22.7 Å². The third kappa shape index (κ3) is 3.31. The number of nitrogens with zero attached hydrogens (tertiary/aromatic N) is 3. The van der Waals surface area contributed by atoms with E-state index in [1.165, 1.54) is 0 Å². The molecule has 1 aliphatic heterocycles. The average molecular weight is 408 g/mol. The van der Waals surface area contributed by atoms with Crippen LogP contribution in [0.1, 0.15) is 74.3 Å². The molecule has 30 heavy (non-hydrogen) atoms. The van der Waals surface area contributed by atoms with E-state index in [4.69, 9.17) is 15.2 Å². The van der Waals surface area contributed by atoms with Gasteiger partial charge in [0.2, 0.25) is 5.91 Å². The van der Waals surface area contributed by atoms with Gasteiger partial charge in [0.05, 0.1) is 22.8 Å². The van der Waals surface area contributed by atoms with Crippen molar-refractivity contribution in [1.29, 1.82) is 0 Å². The molecule has 1 aliphatic carbocycles. The number of hydrogen-bond acceptors (Lipinski definition) is 5. The van der Waals surface area contributed by atoms with Crippen molar-refractivity contribution >= 4 is 16.9 Å². The number of piperidine rings is 1. The first-order valence-corrected chi connectivity index (χ1v) is 11.0. The molecule has 1 saturated heterocycles. The van der Waals surface area contributed by atoms with Crippen LogP contribution in [-0.2, 0) is 4.79 Å². The molecule has 3 aromatic rings. The van der Waals surface area contributed by atoms with Crippen molar-refractivity contribution in [1.82, 2.24) is 20.0 Å². The van der Waals surface area contributed by atoms with Crippen LogP contribution in [0.4, 0.5) is 0 Å². The zero-order chi connectivity index (χ0) is 20.8. The predicted molar refractivity (Wildman–Crippen MR) is 115 cm³/mol. The normalized spacial score (nSPS) is 24.9. The number of imidazole rings is 1. The summed E-state index contributed by atoms with van der Waals surface area (Å²) in [5.74, 6) is 1.91. The number of aryl methyl sites for hydroxylation is 2. The quantitative estimate of drug-likeness (QED) is 0.681. The average Bonchev–Trinajstić information content (AvgIpc) is 3.28. The molecular weight excluding hydrogens is 378 g/mol. The van der Waals surface area contributed by atoms with E-state index in [-0.39, 0.29) is 11.9 Å². The highest BCUT2D eigenvalue weighted by Gasteiger charge is 2.30. The molecule has 7 nitrogen and oxygen atoms in total. The zero-order valence-corrected chi connectivity index (χ0v) is 17.6. The molecule has 3 N–H and O–H groups in total. The maximum Gasteiger partial charge on any atom is 0.220 e. The van der Waals surface area contributed by atoms with Crippen molar-refractivity contribution in [3.05, 3.63) is 35.5 Å². The summed E-state index contributed by atoms with van der Waals surface area (Å²) in [6.07, 6.45) is 6.58. The summed E-state index contributed by atoms with van der Waals surface area (Å²) in [6, 6.07) is 7.04. The molecule has 0 radical (unpaired) electrons. The number of amides is 1. The van der Waals surface area contributed by atoms with Crippen LogP contribution in [0.3, 0.4) is 0 Å². The van der Waals surface area contributed by atoms with Crippen molar-refractivity contribution in [3.63, 3.8) is 0 Å². The first-order valence-electron chi connectivity index (χ1n) is 11.0. The molecule has 0 unspecified atom stereocenters. The number of benzene rings is 1. The minimum atomic E-state index is -0.0308. The Bertz CT molecular complexity index is 1070. The molecule has 1 saturated carbocycles. The van der Waals surface area contributed by atoms with Gasteiger partial charge >= 0.3 is 0 Å². The van der Waals surface area contributed by atoms with Gasteiger partial charge in [0, 0.05) is 24.1 Å². The third-order valence-electron chi connectivity index (χ3n) is 6.69. The van der Waals surface area contributed by atoms with Crippen LogP contribution in [0.2, 0.25) is 0 Å². The second-order valence-corrected chi connectivity index (χ2v) is 8.82. The molecule has 2 aliphatic rings. The van der Waals surface area contributed by atoms with Gasteiger partial charge in [-0.3, -0.25) is 4.79 Å². The molecule has 5 rings (SSSR count). The summed E-state index contributed by atoms with van der Waals surface area (Å²) in [5, 5.41) is 7.27. The molecule has 2 fully saturated rings. The third-order valence-corrected chi connectivity index (χ3v) is 6.69. The molecule has 7 heteroatoms. The molecule has 1 atom stereocenters. The largest absolute Gasteiger partial charge is 0.361 e. The summed E-state index contributed by atoms with van der Waals surface area (Å²) in [6.45, 7) is 3.90. The molecule has 2 aromatic heterocycles. The summed E-state index contributed by atoms with van der Waals surface area (Å²) < 4.78 is 7.75. The molecule has 0 bridgehead atoms. The minimum Gasteiger partial charge on any atom is -0.361 e. The molecule has 1 aromatic carbocycles. The first-order chi connectivity index (χ1) is 14.5. The number of nitrogens with two attached hydrogens (primary N) is 1. The van der Waals surface area contributed by atoms with E-state index < -0.39 is 0 Å². The summed E-state index contributed by atoms with van der Waals surface area (Å²) >= 11 is 0. The van der Waals surface area contributed by atoms with Gasteiger partial charge in [-0.15, -0.1) is 0 Å². The Balaban J connectivity index is 1.62. The van der Waals surface area contributed by atoms with Gasteiger partial charge in [-0.25, -0.2) is 4.98 Å². The lowest BCUT2D eigenvalue weighted by atomic mass is 9.91. The minimum absolute atomic E-state index is 0.0308. The Labute approximate surface area is 176 Å². The number of carbonyl (C=O) groups is 1. The molecule has 3 heterocycles. The maximum absolute atomic E-state index is 12.1. The standard InChI is InChI=1S/C23H29N5O2/c1-13-22(14(2)30-27-13)15-6-11-20-19(12-15)26-23(18-4-3-5-21(29)25-18)28(20)17-9-7-16(24)8-10-17/h6,11-12,16-18H,3-5,7-10,24H2,1-2H3,(H,25,29)/t16?,17?,18-/m0/s1. The highest BCUT2D eigenvalue weighted by Crippen LogP contribution is 2.37. The first kappa shape index (κ1) is 19.3. The van der Waals surface area contributed by atoms with E-state index in [0.717, 1.165) is 78.0 Å². The van der Waals surface area contributed by atoms with Gasteiger partial charge in [0.15, 0.2) is 0 Å². The Morgan fingerprint density at radius 2 is 1.97 bits per heavy atom. The van der Waals surface area contributed by atoms with Crippen LogP contribution in [0, 0.1) is 13.8 Å². The number of fused-ring (bicyclic) bond motifs is 1. The second-order valence-electron chi connectivity index (χ2n) is 8.82. The van der Waals surface area contributed by atoms with Gasteiger partial charge in [-0.05, 0) is 70.1 Å². The SMILES string of the molecule is Cc1noc(C)c1-c1ccc2c(c1)nc([C@@H]1CCCC(=O)N1)n2C1CCC(N)CC1. The Kier molecular flexibility index (Phi) is 4.85. The van der Waals surface area contributed by atoms with Crippen LogP contribution in [0.25, 0.3) is 22.2 Å². The van der Waals surface area contributed by atoms with Crippen molar-refractivity contribution in [2.24, 2.45) is 5.73 Å². The number of rotatable bonds is 3. The van der Waals surface area contributed by atoms with Crippen molar-refractivity contribution in [3.8, 4) is 11.1 Å². The summed E-state index contributed by atoms with van der Waals surface area (Å²) in [7, 11) is 0. The monoisotopic (exact) mass is 407 g/mol. The lowest BCUT2D eigenvalue weighted by Crippen LogP contribution is -2.35. The van der Waals surface area contributed by atoms with E-state index in [1.807, 2.05) is 13.8 Å². The smallest absolute Gasteiger partial charge is 0.220 e. The van der Waals surface area contributed by atoms with Gasteiger partial charge < -0.3 is 20.1 Å². The van der Waals surface area contributed by atoms with Gasteiger partial charge in [0.25, 0.3) is 0 Å². The summed E-state index contributed by atoms with van der Waals surface area (Å²) in [4.78, 5) is 17.2. The highest BCUT2D eigenvalue weighted by atomic mass is 16.5. The van der Waals surface area contributed by atoms with Crippen LogP contribution >= 0.6 is 0 Å². The fourth-order valence-corrected chi connectivity index (χ4v) is 5.16. The fraction of sp³-hybridized carbons (Fsp3) is 0.522. The maximum atomic E-state index is 12.1. The number of hydrogen-bond donors (Lipinski definition) is 2. The van der Waals surface area contributed by atoms with Crippen LogP contribution < -0.4 is 11.1 Å². The highest BCUT2D eigenvalue weighted by molar-refractivity contribution is 5.84. The number of carbonyl (C=O) groups excluding carboxylic acids is 1. The summed E-state index contributed by atoms with van der Waals surface area (Å²) in [5.41, 5.74) is 11.2. The lowest BCUT2D eigenvalue weighted by Gasteiger charge is -2.31. The van der Waals surface area contributed by atoms with E-state index >= 15 is 0 Å². The molecule has 0 spiro atoms. The zero-order valence-electron chi connectivity index (χ0n) is 17.6.